The lowest BCUT2D eigenvalue weighted by Crippen LogP contribution is -2.50. The number of carboxylic acids is 1. The Hall–Kier alpha value is -0.610. The Balaban J connectivity index is 2.39. The third kappa shape index (κ3) is 4.64. The topological polar surface area (TPSA) is 43.8 Å². The van der Waals surface area contributed by atoms with E-state index in [2.05, 4.69) is 23.6 Å². The molecule has 4 nitrogen and oxygen atoms in total. The Morgan fingerprint density at radius 1 is 1.29 bits per heavy atom. The number of hydrogen-bond donors (Lipinski definition) is 1. The van der Waals surface area contributed by atoms with E-state index in [4.69, 9.17) is 5.11 Å². The van der Waals surface area contributed by atoms with Gasteiger partial charge in [0.25, 0.3) is 0 Å². The van der Waals surface area contributed by atoms with Gasteiger partial charge in [0.15, 0.2) is 0 Å². The quantitative estimate of drug-likeness (QED) is 0.732. The van der Waals surface area contributed by atoms with Gasteiger partial charge in [0.05, 0.1) is 6.54 Å². The zero-order chi connectivity index (χ0) is 13.0. The highest BCUT2D eigenvalue weighted by molar-refractivity contribution is 5.69. The second-order valence-electron chi connectivity index (χ2n) is 5.80. The SMILES string of the molecule is CC(C)C1CC(N(CCN(C)C)CC(=O)O)C1. The Morgan fingerprint density at radius 2 is 1.88 bits per heavy atom. The summed E-state index contributed by atoms with van der Waals surface area (Å²) < 4.78 is 0. The minimum absolute atomic E-state index is 0.184. The Morgan fingerprint density at radius 3 is 2.29 bits per heavy atom. The average Bonchev–Trinajstić information content (AvgIpc) is 2.09. The number of aliphatic carboxylic acids is 1. The maximum Gasteiger partial charge on any atom is 0.317 e. The van der Waals surface area contributed by atoms with Gasteiger partial charge in [-0.1, -0.05) is 13.8 Å². The molecule has 0 atom stereocenters. The van der Waals surface area contributed by atoms with E-state index in [1.54, 1.807) is 0 Å². The van der Waals surface area contributed by atoms with Crippen LogP contribution in [0.3, 0.4) is 0 Å². The van der Waals surface area contributed by atoms with Crippen molar-refractivity contribution in [2.45, 2.75) is 32.7 Å². The first-order valence-electron chi connectivity index (χ1n) is 6.50. The minimum atomic E-state index is -0.711. The van der Waals surface area contributed by atoms with Crippen LogP contribution in [0.15, 0.2) is 0 Å². The molecule has 0 amide bonds. The highest BCUT2D eigenvalue weighted by Gasteiger charge is 2.35. The molecule has 0 saturated heterocycles. The van der Waals surface area contributed by atoms with Gasteiger partial charge in [-0.25, -0.2) is 0 Å². The van der Waals surface area contributed by atoms with Crippen LogP contribution in [-0.4, -0.2) is 60.6 Å². The van der Waals surface area contributed by atoms with Gasteiger partial charge in [-0.05, 0) is 38.8 Å². The first-order valence-corrected chi connectivity index (χ1v) is 6.50. The summed E-state index contributed by atoms with van der Waals surface area (Å²) in [5.41, 5.74) is 0. The summed E-state index contributed by atoms with van der Waals surface area (Å²) in [7, 11) is 4.05. The first-order chi connectivity index (χ1) is 7.90. The smallest absolute Gasteiger partial charge is 0.317 e. The molecule has 0 spiro atoms. The van der Waals surface area contributed by atoms with Gasteiger partial charge in [0.1, 0.15) is 0 Å². The summed E-state index contributed by atoms with van der Waals surface area (Å²) in [6, 6.07) is 0.485. The minimum Gasteiger partial charge on any atom is -0.480 e. The summed E-state index contributed by atoms with van der Waals surface area (Å²) >= 11 is 0. The van der Waals surface area contributed by atoms with Crippen molar-refractivity contribution in [2.24, 2.45) is 11.8 Å². The van der Waals surface area contributed by atoms with Gasteiger partial charge in [-0.2, -0.15) is 0 Å². The van der Waals surface area contributed by atoms with Crippen LogP contribution in [0.4, 0.5) is 0 Å². The fourth-order valence-corrected chi connectivity index (χ4v) is 2.37. The predicted octanol–water partition coefficient (Wildman–Crippen LogP) is 1.37. The molecule has 0 heterocycles. The standard InChI is InChI=1S/C13H26N2O2/c1-10(2)11-7-12(8-11)15(9-13(16)17)6-5-14(3)4/h10-12H,5-9H2,1-4H3,(H,16,17). The van der Waals surface area contributed by atoms with Crippen LogP contribution in [0.2, 0.25) is 0 Å². The lowest BCUT2D eigenvalue weighted by Gasteiger charge is -2.44. The van der Waals surface area contributed by atoms with Crippen molar-refractivity contribution >= 4 is 5.97 Å². The van der Waals surface area contributed by atoms with Crippen LogP contribution in [0.25, 0.3) is 0 Å². The third-order valence-corrected chi connectivity index (χ3v) is 3.78. The monoisotopic (exact) mass is 242 g/mol. The largest absolute Gasteiger partial charge is 0.480 e. The molecule has 100 valence electrons. The molecular weight excluding hydrogens is 216 g/mol. The van der Waals surface area contributed by atoms with Crippen molar-refractivity contribution in [1.29, 1.82) is 0 Å². The van der Waals surface area contributed by atoms with Crippen LogP contribution in [0.5, 0.6) is 0 Å². The van der Waals surface area contributed by atoms with E-state index in [-0.39, 0.29) is 6.54 Å². The van der Waals surface area contributed by atoms with Gasteiger partial charge in [0, 0.05) is 19.1 Å². The zero-order valence-corrected chi connectivity index (χ0v) is 11.5. The lowest BCUT2D eigenvalue weighted by molar-refractivity contribution is -0.140. The van der Waals surface area contributed by atoms with Gasteiger partial charge in [0.2, 0.25) is 0 Å². The highest BCUT2D eigenvalue weighted by Crippen LogP contribution is 2.36. The molecule has 0 radical (unpaired) electrons. The van der Waals surface area contributed by atoms with E-state index in [0.717, 1.165) is 24.9 Å². The van der Waals surface area contributed by atoms with Crippen molar-refractivity contribution < 1.29 is 9.90 Å². The summed E-state index contributed by atoms with van der Waals surface area (Å²) in [6.07, 6.45) is 2.33. The fraction of sp³-hybridized carbons (Fsp3) is 0.923. The highest BCUT2D eigenvalue weighted by atomic mass is 16.4. The van der Waals surface area contributed by atoms with Crippen LogP contribution in [0, 0.1) is 11.8 Å². The van der Waals surface area contributed by atoms with E-state index in [9.17, 15) is 4.79 Å². The van der Waals surface area contributed by atoms with Crippen LogP contribution in [0.1, 0.15) is 26.7 Å². The number of carbonyl (C=O) groups is 1. The van der Waals surface area contributed by atoms with E-state index in [1.807, 2.05) is 14.1 Å². The van der Waals surface area contributed by atoms with Gasteiger partial charge in [-0.3, -0.25) is 9.69 Å². The van der Waals surface area contributed by atoms with Crippen LogP contribution < -0.4 is 0 Å². The molecule has 1 saturated carbocycles. The summed E-state index contributed by atoms with van der Waals surface area (Å²) in [6.45, 7) is 6.47. The van der Waals surface area contributed by atoms with E-state index >= 15 is 0 Å². The van der Waals surface area contributed by atoms with E-state index < -0.39 is 5.97 Å². The molecule has 17 heavy (non-hydrogen) atoms. The Kier molecular flexibility index (Phi) is 5.40. The fourth-order valence-electron chi connectivity index (χ4n) is 2.37. The maximum absolute atomic E-state index is 10.9. The molecule has 0 bridgehead atoms. The number of likely N-dealkylation sites (N-methyl/N-ethyl adjacent to an activating group) is 1. The first kappa shape index (κ1) is 14.5. The Bertz CT molecular complexity index is 248. The molecule has 1 aliphatic carbocycles. The molecule has 0 aliphatic heterocycles. The van der Waals surface area contributed by atoms with Crippen molar-refractivity contribution in [2.75, 3.05) is 33.7 Å². The van der Waals surface area contributed by atoms with Crippen molar-refractivity contribution in [1.82, 2.24) is 9.80 Å². The molecule has 0 aromatic rings. The molecule has 1 rings (SSSR count). The second kappa shape index (κ2) is 6.36. The predicted molar refractivity (Wildman–Crippen MR) is 69.1 cm³/mol. The number of rotatable bonds is 7. The molecule has 0 aromatic heterocycles. The maximum atomic E-state index is 10.9. The van der Waals surface area contributed by atoms with E-state index in [0.29, 0.717) is 6.04 Å². The van der Waals surface area contributed by atoms with Crippen molar-refractivity contribution in [3.05, 3.63) is 0 Å². The average molecular weight is 242 g/mol. The molecule has 0 unspecified atom stereocenters. The van der Waals surface area contributed by atoms with Crippen LogP contribution in [-0.2, 0) is 4.79 Å². The second-order valence-corrected chi connectivity index (χ2v) is 5.80. The molecule has 1 N–H and O–H groups in total. The van der Waals surface area contributed by atoms with Crippen molar-refractivity contribution in [3.8, 4) is 0 Å². The molecule has 1 aliphatic rings. The molecular formula is C13H26N2O2. The van der Waals surface area contributed by atoms with Gasteiger partial charge >= 0.3 is 5.97 Å². The number of hydrogen-bond acceptors (Lipinski definition) is 3. The Labute approximate surface area is 105 Å². The lowest BCUT2D eigenvalue weighted by atomic mass is 9.73. The number of nitrogens with zero attached hydrogens (tertiary/aromatic N) is 2. The van der Waals surface area contributed by atoms with Gasteiger partial charge in [-0.15, -0.1) is 0 Å². The zero-order valence-electron chi connectivity index (χ0n) is 11.5. The van der Waals surface area contributed by atoms with Crippen molar-refractivity contribution in [3.63, 3.8) is 0 Å². The summed E-state index contributed by atoms with van der Waals surface area (Å²) in [5, 5.41) is 8.94. The summed E-state index contributed by atoms with van der Waals surface area (Å²) in [5.74, 6) is 0.805. The molecule has 1 fully saturated rings. The van der Waals surface area contributed by atoms with Gasteiger partial charge < -0.3 is 10.0 Å². The molecule has 0 aromatic carbocycles. The third-order valence-electron chi connectivity index (χ3n) is 3.78. The van der Waals surface area contributed by atoms with E-state index in [1.165, 1.54) is 12.8 Å². The normalized spacial score (nSPS) is 24.4. The molecule has 4 heteroatoms. The summed E-state index contributed by atoms with van der Waals surface area (Å²) in [4.78, 5) is 15.1. The van der Waals surface area contributed by atoms with Crippen LogP contribution >= 0.6 is 0 Å². The number of carboxylic acid groups (broad SMARTS) is 1.